The fraction of sp³-hybridized carbons (Fsp3) is 0.375. The Morgan fingerprint density at radius 3 is 2.50 bits per heavy atom. The molecule has 1 heterocycles. The highest BCUT2D eigenvalue weighted by atomic mass is 35.5. The summed E-state index contributed by atoms with van der Waals surface area (Å²) in [6, 6.07) is 0. The van der Waals surface area contributed by atoms with Crippen LogP contribution in [0.2, 0.25) is 0 Å². The average molecular weight is 237 g/mol. The van der Waals surface area contributed by atoms with Gasteiger partial charge in [0.2, 0.25) is 0 Å². The van der Waals surface area contributed by atoms with Crippen molar-refractivity contribution in [2.45, 2.75) is 11.8 Å². The van der Waals surface area contributed by atoms with Crippen LogP contribution in [0.3, 0.4) is 0 Å². The molecule has 0 radical (unpaired) electrons. The summed E-state index contributed by atoms with van der Waals surface area (Å²) >= 11 is 10.5. The second kappa shape index (κ2) is 4.11. The van der Waals surface area contributed by atoms with E-state index in [0.717, 1.165) is 6.08 Å². The smallest absolute Gasteiger partial charge is 0.329 e. The van der Waals surface area contributed by atoms with Gasteiger partial charge in [-0.2, -0.15) is 0 Å². The van der Waals surface area contributed by atoms with Crippen molar-refractivity contribution < 1.29 is 19.1 Å². The minimum Gasteiger partial charge on any atom is -0.430 e. The van der Waals surface area contributed by atoms with Crippen LogP contribution < -0.4 is 0 Å². The molecule has 0 N–H and O–H groups in total. The van der Waals surface area contributed by atoms with Gasteiger partial charge >= 0.3 is 5.97 Å². The van der Waals surface area contributed by atoms with E-state index in [1.807, 2.05) is 0 Å². The molecule has 1 aliphatic heterocycles. The first kappa shape index (κ1) is 11.2. The van der Waals surface area contributed by atoms with Crippen molar-refractivity contribution in [1.29, 1.82) is 0 Å². The van der Waals surface area contributed by atoms with Gasteiger partial charge < -0.3 is 4.74 Å². The monoisotopic (exact) mass is 236 g/mol. The lowest BCUT2D eigenvalue weighted by atomic mass is 9.97. The van der Waals surface area contributed by atoms with Gasteiger partial charge in [-0.15, -0.1) is 0 Å². The van der Waals surface area contributed by atoms with Crippen LogP contribution in [0.4, 0.5) is 0 Å². The normalized spacial score (nSPS) is 22.0. The summed E-state index contributed by atoms with van der Waals surface area (Å²) in [5.74, 6) is -3.78. The number of alkyl halides is 2. The summed E-state index contributed by atoms with van der Waals surface area (Å²) in [5.41, 5.74) is 0. The first-order valence-electron chi connectivity index (χ1n) is 3.69. The molecular formula is C8H6Cl2O4. The lowest BCUT2D eigenvalue weighted by Crippen LogP contribution is -2.37. The van der Waals surface area contributed by atoms with Gasteiger partial charge in [-0.05, 0) is 6.92 Å². The van der Waals surface area contributed by atoms with E-state index in [1.165, 1.54) is 6.92 Å². The number of Topliss-reactive ketones (excluding diaryl/α,β-unsaturated/α-hetero) is 1. The van der Waals surface area contributed by atoms with Crippen LogP contribution in [0, 0.1) is 5.92 Å². The molecule has 6 heteroatoms. The fourth-order valence-corrected chi connectivity index (χ4v) is 1.28. The predicted molar refractivity (Wildman–Crippen MR) is 48.8 cm³/mol. The number of hydrogen-bond donors (Lipinski definition) is 0. The molecule has 1 rings (SSSR count). The molecule has 0 bridgehead atoms. The molecule has 14 heavy (non-hydrogen) atoms. The zero-order valence-electron chi connectivity index (χ0n) is 7.12. The summed E-state index contributed by atoms with van der Waals surface area (Å²) in [6.45, 7) is 1.44. The number of carbonyl (C=O) groups excluding carboxylic acids is 3. The lowest BCUT2D eigenvalue weighted by Gasteiger charge is -2.17. The van der Waals surface area contributed by atoms with E-state index in [-0.39, 0.29) is 5.76 Å². The highest BCUT2D eigenvalue weighted by Gasteiger charge is 2.39. The van der Waals surface area contributed by atoms with Crippen LogP contribution in [-0.4, -0.2) is 22.4 Å². The Bertz CT molecular complexity index is 332. The Balaban J connectivity index is 2.95. The lowest BCUT2D eigenvalue weighted by molar-refractivity contribution is -0.152. The van der Waals surface area contributed by atoms with E-state index in [1.54, 1.807) is 0 Å². The molecule has 76 valence electrons. The molecular weight excluding hydrogens is 231 g/mol. The van der Waals surface area contributed by atoms with Crippen LogP contribution in [0.1, 0.15) is 6.92 Å². The van der Waals surface area contributed by atoms with Crippen molar-refractivity contribution in [1.82, 2.24) is 0 Å². The van der Waals surface area contributed by atoms with Crippen LogP contribution in [0.25, 0.3) is 0 Å². The second-order valence-electron chi connectivity index (χ2n) is 2.71. The maximum absolute atomic E-state index is 11.2. The maximum Gasteiger partial charge on any atom is 0.329 e. The molecule has 0 aromatic heterocycles. The Labute approximate surface area is 89.8 Å². The molecule has 0 saturated carbocycles. The number of halogens is 2. The first-order chi connectivity index (χ1) is 6.43. The van der Waals surface area contributed by atoms with E-state index < -0.39 is 28.3 Å². The van der Waals surface area contributed by atoms with Crippen LogP contribution in [0.15, 0.2) is 11.8 Å². The molecule has 0 fully saturated rings. The van der Waals surface area contributed by atoms with Gasteiger partial charge in [-0.3, -0.25) is 14.4 Å². The fourth-order valence-electron chi connectivity index (χ4n) is 1.03. The van der Waals surface area contributed by atoms with Gasteiger partial charge in [0.15, 0.2) is 22.3 Å². The van der Waals surface area contributed by atoms with E-state index in [4.69, 9.17) is 23.2 Å². The van der Waals surface area contributed by atoms with Gasteiger partial charge in [0, 0.05) is 6.08 Å². The largest absolute Gasteiger partial charge is 0.430 e. The zero-order chi connectivity index (χ0) is 10.9. The number of ether oxygens (including phenoxy) is 1. The van der Waals surface area contributed by atoms with E-state index in [9.17, 15) is 14.4 Å². The number of cyclic esters (lactones) is 1. The zero-order valence-corrected chi connectivity index (χ0v) is 8.63. The standard InChI is InChI=1S/C8H6Cl2O4/c1-3-2-4(11)5(8(13)14-3)6(12)7(9)10/h2,5,7H,1H3. The molecule has 0 amide bonds. The molecule has 1 unspecified atom stereocenters. The molecule has 0 aromatic carbocycles. The Kier molecular flexibility index (Phi) is 3.29. The number of allylic oxidation sites excluding steroid dienone is 2. The Hall–Kier alpha value is -0.870. The van der Waals surface area contributed by atoms with Crippen molar-refractivity contribution in [3.8, 4) is 0 Å². The predicted octanol–water partition coefficient (Wildman–Crippen LogP) is 1.01. The second-order valence-corrected chi connectivity index (χ2v) is 3.81. The summed E-state index contributed by atoms with van der Waals surface area (Å²) in [6.07, 6.45) is 1.07. The van der Waals surface area contributed by atoms with Crippen molar-refractivity contribution in [3.63, 3.8) is 0 Å². The number of esters is 1. The SMILES string of the molecule is CC1=CC(=O)C(C(=O)C(Cl)Cl)C(=O)O1. The molecule has 1 atom stereocenters. The number of rotatable bonds is 2. The Morgan fingerprint density at radius 2 is 2.07 bits per heavy atom. The van der Waals surface area contributed by atoms with Gasteiger partial charge in [-0.25, -0.2) is 0 Å². The van der Waals surface area contributed by atoms with Crippen LogP contribution >= 0.6 is 23.2 Å². The third-order valence-electron chi connectivity index (χ3n) is 1.63. The average Bonchev–Trinajstić information content (AvgIpc) is 2.01. The van der Waals surface area contributed by atoms with Gasteiger partial charge in [0.1, 0.15) is 5.76 Å². The summed E-state index contributed by atoms with van der Waals surface area (Å²) < 4.78 is 4.60. The molecule has 0 aliphatic carbocycles. The van der Waals surface area contributed by atoms with E-state index >= 15 is 0 Å². The summed E-state index contributed by atoms with van der Waals surface area (Å²) in [7, 11) is 0. The van der Waals surface area contributed by atoms with Crippen molar-refractivity contribution in [3.05, 3.63) is 11.8 Å². The van der Waals surface area contributed by atoms with Crippen molar-refractivity contribution in [2.75, 3.05) is 0 Å². The van der Waals surface area contributed by atoms with Gasteiger partial charge in [0.25, 0.3) is 0 Å². The molecule has 0 aromatic rings. The van der Waals surface area contributed by atoms with Gasteiger partial charge in [0.05, 0.1) is 0 Å². The van der Waals surface area contributed by atoms with E-state index in [0.29, 0.717) is 0 Å². The third-order valence-corrected chi connectivity index (χ3v) is 2.06. The molecule has 0 saturated heterocycles. The highest BCUT2D eigenvalue weighted by Crippen LogP contribution is 2.19. The maximum atomic E-state index is 11.2. The molecule has 4 nitrogen and oxygen atoms in total. The first-order valence-corrected chi connectivity index (χ1v) is 4.56. The van der Waals surface area contributed by atoms with Crippen molar-refractivity contribution >= 4 is 40.7 Å². The molecule has 0 spiro atoms. The number of carbonyl (C=O) groups is 3. The minimum absolute atomic E-state index is 0.157. The topological polar surface area (TPSA) is 60.4 Å². The van der Waals surface area contributed by atoms with Crippen LogP contribution in [0.5, 0.6) is 0 Å². The third kappa shape index (κ3) is 2.13. The summed E-state index contributed by atoms with van der Waals surface area (Å²) in [4.78, 5) is 32.2. The number of hydrogen-bond acceptors (Lipinski definition) is 4. The van der Waals surface area contributed by atoms with Crippen molar-refractivity contribution in [2.24, 2.45) is 5.92 Å². The number of ketones is 2. The summed E-state index contributed by atoms with van der Waals surface area (Å²) in [5, 5.41) is 0. The molecule has 1 aliphatic rings. The highest BCUT2D eigenvalue weighted by molar-refractivity contribution is 6.55. The Morgan fingerprint density at radius 1 is 1.50 bits per heavy atom. The van der Waals surface area contributed by atoms with E-state index in [2.05, 4.69) is 4.74 Å². The van der Waals surface area contributed by atoms with Crippen LogP contribution in [-0.2, 0) is 19.1 Å². The minimum atomic E-state index is -1.52. The quantitative estimate of drug-likeness (QED) is 0.408. The van der Waals surface area contributed by atoms with Gasteiger partial charge in [-0.1, -0.05) is 23.2 Å².